The topological polar surface area (TPSA) is 45.2 Å². The minimum Gasteiger partial charge on any atom is -0.326 e. The van der Waals surface area contributed by atoms with Crippen molar-refractivity contribution in [2.24, 2.45) is 0 Å². The lowest BCUT2D eigenvalue weighted by Gasteiger charge is -2.30. The van der Waals surface area contributed by atoms with Crippen molar-refractivity contribution in [3.63, 3.8) is 0 Å². The zero-order valence-electron chi connectivity index (χ0n) is 11.5. The van der Waals surface area contributed by atoms with E-state index in [-0.39, 0.29) is 5.91 Å². The van der Waals surface area contributed by atoms with Gasteiger partial charge in [-0.1, -0.05) is 18.2 Å². The van der Waals surface area contributed by atoms with Gasteiger partial charge in [-0.2, -0.15) is 0 Å². The number of hydrogen-bond acceptors (Lipinski definition) is 3. The Labute approximate surface area is 118 Å². The molecule has 0 spiro atoms. The number of carbonyl (C=O) groups is 1. The summed E-state index contributed by atoms with van der Waals surface area (Å²) >= 11 is 0. The van der Waals surface area contributed by atoms with E-state index in [9.17, 15) is 4.79 Å². The Kier molecular flexibility index (Phi) is 3.37. The molecular weight excluding hydrogens is 250 g/mol. The number of rotatable bonds is 2. The number of aryl methyl sites for hydroxylation is 1. The van der Waals surface area contributed by atoms with Gasteiger partial charge in [0.15, 0.2) is 0 Å². The van der Waals surface area contributed by atoms with Gasteiger partial charge >= 0.3 is 0 Å². The lowest BCUT2D eigenvalue weighted by Crippen LogP contribution is -2.25. The van der Waals surface area contributed by atoms with E-state index >= 15 is 0 Å². The summed E-state index contributed by atoms with van der Waals surface area (Å²) in [6.45, 7) is 2.47. The fraction of sp³-hybridized carbons (Fsp3) is 0.250. The molecule has 0 fully saturated rings. The third-order valence-electron chi connectivity index (χ3n) is 3.46. The van der Waals surface area contributed by atoms with Gasteiger partial charge in [-0.3, -0.25) is 4.79 Å². The van der Waals surface area contributed by atoms with Crippen molar-refractivity contribution in [3.05, 3.63) is 48.2 Å². The Morgan fingerprint density at radius 1 is 1.25 bits per heavy atom. The van der Waals surface area contributed by atoms with Gasteiger partial charge in [-0.05, 0) is 36.6 Å². The molecule has 1 aromatic heterocycles. The first-order chi connectivity index (χ1) is 9.74. The summed E-state index contributed by atoms with van der Waals surface area (Å²) in [5.41, 5.74) is 3.33. The van der Waals surface area contributed by atoms with Crippen LogP contribution in [0.3, 0.4) is 0 Å². The average Bonchev–Trinajstić information content (AvgIpc) is 2.47. The number of hydrogen-bond donors (Lipinski definition) is 1. The average molecular weight is 267 g/mol. The zero-order valence-corrected chi connectivity index (χ0v) is 11.5. The van der Waals surface area contributed by atoms with E-state index in [0.29, 0.717) is 0 Å². The molecule has 0 bridgehead atoms. The molecule has 2 aromatic rings. The number of amides is 1. The first kappa shape index (κ1) is 12.7. The fourth-order valence-electron chi connectivity index (χ4n) is 2.59. The van der Waals surface area contributed by atoms with Crippen molar-refractivity contribution >= 4 is 23.1 Å². The van der Waals surface area contributed by atoms with Crippen molar-refractivity contribution < 1.29 is 4.79 Å². The van der Waals surface area contributed by atoms with Crippen molar-refractivity contribution in [1.29, 1.82) is 0 Å². The highest BCUT2D eigenvalue weighted by Gasteiger charge is 2.18. The Balaban J connectivity index is 1.88. The first-order valence-corrected chi connectivity index (χ1v) is 6.83. The van der Waals surface area contributed by atoms with Gasteiger partial charge in [-0.15, -0.1) is 0 Å². The van der Waals surface area contributed by atoms with Crippen LogP contribution in [0.5, 0.6) is 0 Å². The fourth-order valence-corrected chi connectivity index (χ4v) is 2.59. The van der Waals surface area contributed by atoms with Crippen LogP contribution in [0.4, 0.5) is 17.2 Å². The number of pyridine rings is 1. The Morgan fingerprint density at radius 2 is 2.10 bits per heavy atom. The maximum atomic E-state index is 11.0. The van der Waals surface area contributed by atoms with Gasteiger partial charge in [0.25, 0.3) is 0 Å². The second-order valence-electron chi connectivity index (χ2n) is 4.97. The SMILES string of the molecule is CC(=O)Nc1ccc(N2CCCc3ccccc32)nc1. The third kappa shape index (κ3) is 2.50. The number of nitrogens with zero attached hydrogens (tertiary/aromatic N) is 2. The molecule has 1 N–H and O–H groups in total. The Bertz CT molecular complexity index is 622. The second kappa shape index (κ2) is 5.33. The van der Waals surface area contributed by atoms with Crippen LogP contribution < -0.4 is 10.2 Å². The van der Waals surface area contributed by atoms with Crippen LogP contribution in [-0.4, -0.2) is 17.4 Å². The Morgan fingerprint density at radius 3 is 2.85 bits per heavy atom. The molecule has 1 aliphatic rings. The molecule has 0 saturated heterocycles. The Hall–Kier alpha value is -2.36. The minimum absolute atomic E-state index is 0.0807. The monoisotopic (exact) mass is 267 g/mol. The van der Waals surface area contributed by atoms with Gasteiger partial charge in [0.05, 0.1) is 11.9 Å². The summed E-state index contributed by atoms with van der Waals surface area (Å²) in [6.07, 6.45) is 3.96. The standard InChI is InChI=1S/C16H17N3O/c1-12(20)18-14-8-9-16(17-11-14)19-10-4-6-13-5-2-3-7-15(13)19/h2-3,5,7-9,11H,4,6,10H2,1H3,(H,18,20). The molecule has 2 heterocycles. The van der Waals surface area contributed by atoms with Crippen LogP contribution in [0, 0.1) is 0 Å². The number of para-hydroxylation sites is 1. The molecule has 1 aliphatic heterocycles. The van der Waals surface area contributed by atoms with Gasteiger partial charge < -0.3 is 10.2 Å². The molecule has 4 nitrogen and oxygen atoms in total. The molecular formula is C16H17N3O. The van der Waals surface area contributed by atoms with Crippen molar-refractivity contribution in [2.75, 3.05) is 16.8 Å². The maximum Gasteiger partial charge on any atom is 0.221 e. The van der Waals surface area contributed by atoms with E-state index in [0.717, 1.165) is 30.9 Å². The van der Waals surface area contributed by atoms with E-state index in [1.54, 1.807) is 6.20 Å². The van der Waals surface area contributed by atoms with Crippen LogP contribution in [0.25, 0.3) is 0 Å². The van der Waals surface area contributed by atoms with E-state index in [4.69, 9.17) is 0 Å². The molecule has 0 aliphatic carbocycles. The van der Waals surface area contributed by atoms with Crippen LogP contribution in [-0.2, 0) is 11.2 Å². The number of carbonyl (C=O) groups excluding carboxylic acids is 1. The number of nitrogens with one attached hydrogen (secondary N) is 1. The smallest absolute Gasteiger partial charge is 0.221 e. The molecule has 102 valence electrons. The van der Waals surface area contributed by atoms with Crippen LogP contribution in [0.2, 0.25) is 0 Å². The van der Waals surface area contributed by atoms with Gasteiger partial charge in [-0.25, -0.2) is 4.98 Å². The van der Waals surface area contributed by atoms with Crippen molar-refractivity contribution in [2.45, 2.75) is 19.8 Å². The summed E-state index contributed by atoms with van der Waals surface area (Å²) in [5, 5.41) is 2.73. The molecule has 0 atom stereocenters. The van der Waals surface area contributed by atoms with Crippen LogP contribution >= 0.6 is 0 Å². The zero-order chi connectivity index (χ0) is 13.9. The van der Waals surface area contributed by atoms with Gasteiger partial charge in [0.2, 0.25) is 5.91 Å². The number of benzene rings is 1. The predicted molar refractivity (Wildman–Crippen MR) is 80.3 cm³/mol. The highest BCUT2D eigenvalue weighted by molar-refractivity contribution is 5.88. The lowest BCUT2D eigenvalue weighted by molar-refractivity contribution is -0.114. The number of aromatic nitrogens is 1. The highest BCUT2D eigenvalue weighted by atomic mass is 16.1. The summed E-state index contributed by atoms with van der Waals surface area (Å²) in [7, 11) is 0. The van der Waals surface area contributed by atoms with Crippen molar-refractivity contribution in [1.82, 2.24) is 4.98 Å². The molecule has 1 amide bonds. The largest absolute Gasteiger partial charge is 0.326 e. The summed E-state index contributed by atoms with van der Waals surface area (Å²) in [4.78, 5) is 17.7. The maximum absolute atomic E-state index is 11.0. The van der Waals surface area contributed by atoms with Crippen LogP contribution in [0.15, 0.2) is 42.6 Å². The summed E-state index contributed by atoms with van der Waals surface area (Å²) in [6, 6.07) is 12.3. The quantitative estimate of drug-likeness (QED) is 0.909. The molecule has 0 saturated carbocycles. The van der Waals surface area contributed by atoms with Gasteiger partial charge in [0.1, 0.15) is 5.82 Å². The molecule has 4 heteroatoms. The second-order valence-corrected chi connectivity index (χ2v) is 4.97. The number of anilines is 3. The molecule has 3 rings (SSSR count). The third-order valence-corrected chi connectivity index (χ3v) is 3.46. The summed E-state index contributed by atoms with van der Waals surface area (Å²) < 4.78 is 0. The summed E-state index contributed by atoms with van der Waals surface area (Å²) in [5.74, 6) is 0.842. The van der Waals surface area contributed by atoms with E-state index < -0.39 is 0 Å². The van der Waals surface area contributed by atoms with Crippen LogP contribution in [0.1, 0.15) is 18.9 Å². The van der Waals surface area contributed by atoms with Gasteiger partial charge in [0, 0.05) is 19.2 Å². The minimum atomic E-state index is -0.0807. The normalized spacial score (nSPS) is 13.8. The first-order valence-electron chi connectivity index (χ1n) is 6.83. The highest BCUT2D eigenvalue weighted by Crippen LogP contribution is 2.32. The molecule has 1 aromatic carbocycles. The van der Waals surface area contributed by atoms with E-state index in [1.165, 1.54) is 18.2 Å². The lowest BCUT2D eigenvalue weighted by atomic mass is 10.0. The van der Waals surface area contributed by atoms with E-state index in [1.807, 2.05) is 12.1 Å². The number of fused-ring (bicyclic) bond motifs is 1. The van der Waals surface area contributed by atoms with Crippen molar-refractivity contribution in [3.8, 4) is 0 Å². The molecule has 0 radical (unpaired) electrons. The predicted octanol–water partition coefficient (Wildman–Crippen LogP) is 3.12. The molecule has 20 heavy (non-hydrogen) atoms. The molecule has 0 unspecified atom stereocenters. The van der Waals surface area contributed by atoms with E-state index in [2.05, 4.69) is 39.5 Å².